The Bertz CT molecular complexity index is 1320. The third-order valence-corrected chi connectivity index (χ3v) is 7.54. The number of aromatic nitrogens is 2. The lowest BCUT2D eigenvalue weighted by atomic mass is 10.0. The van der Waals surface area contributed by atoms with Gasteiger partial charge in [0.1, 0.15) is 11.4 Å². The zero-order chi connectivity index (χ0) is 21.4. The van der Waals surface area contributed by atoms with Crippen LogP contribution in [-0.4, -0.2) is 21.2 Å². The number of nitrogens with zero attached hydrogens (tertiary/aromatic N) is 2. The molecule has 2 aromatic heterocycles. The van der Waals surface area contributed by atoms with E-state index in [0.29, 0.717) is 10.2 Å². The lowest BCUT2D eigenvalue weighted by Gasteiger charge is -2.26. The summed E-state index contributed by atoms with van der Waals surface area (Å²) in [5.74, 6) is 0.784. The van der Waals surface area contributed by atoms with Crippen LogP contribution in [0.5, 0.6) is 0 Å². The molecule has 0 bridgehead atoms. The minimum absolute atomic E-state index is 0.0263. The fourth-order valence-electron chi connectivity index (χ4n) is 3.91. The Balaban J connectivity index is 1.42. The van der Waals surface area contributed by atoms with E-state index in [1.807, 2.05) is 60.5 Å². The Labute approximate surface area is 188 Å². The number of hydrogen-bond acceptors (Lipinski definition) is 5. The van der Waals surface area contributed by atoms with Gasteiger partial charge in [0.2, 0.25) is 5.91 Å². The predicted octanol–water partition coefficient (Wildman–Crippen LogP) is 4.79. The molecule has 4 aromatic rings. The van der Waals surface area contributed by atoms with Crippen molar-refractivity contribution >= 4 is 39.2 Å². The minimum Gasteiger partial charge on any atom is -0.348 e. The van der Waals surface area contributed by atoms with Crippen molar-refractivity contribution < 1.29 is 4.79 Å². The molecule has 0 fully saturated rings. The maximum Gasteiger partial charge on any atom is 0.263 e. The van der Waals surface area contributed by atoms with Gasteiger partial charge in [-0.25, -0.2) is 4.98 Å². The second kappa shape index (κ2) is 8.32. The van der Waals surface area contributed by atoms with Gasteiger partial charge in [-0.05, 0) is 30.5 Å². The highest BCUT2D eigenvalue weighted by molar-refractivity contribution is 7.99. The van der Waals surface area contributed by atoms with Gasteiger partial charge in [0.05, 0.1) is 17.8 Å². The smallest absolute Gasteiger partial charge is 0.263 e. The summed E-state index contributed by atoms with van der Waals surface area (Å²) in [6, 6.07) is 16.2. The number of nitrogens with one attached hydrogen (secondary N) is 1. The first kappa shape index (κ1) is 20.0. The van der Waals surface area contributed by atoms with Gasteiger partial charge in [-0.15, -0.1) is 23.1 Å². The first-order valence-corrected chi connectivity index (χ1v) is 12.0. The van der Waals surface area contributed by atoms with Crippen molar-refractivity contribution in [1.82, 2.24) is 14.9 Å². The Morgan fingerprint density at radius 2 is 2.00 bits per heavy atom. The SMILES string of the molecule is Cc1ccc(-c2csc3ncn(CC(=O)N[C@@H]4CCSc5ccccc54)c(=O)c23)cc1. The number of carbonyl (C=O) groups is 1. The van der Waals surface area contributed by atoms with Crippen LogP contribution in [0.1, 0.15) is 23.6 Å². The van der Waals surface area contributed by atoms with Crippen molar-refractivity contribution in [2.75, 3.05) is 5.75 Å². The molecule has 1 aliphatic heterocycles. The Morgan fingerprint density at radius 1 is 1.19 bits per heavy atom. The van der Waals surface area contributed by atoms with E-state index >= 15 is 0 Å². The largest absolute Gasteiger partial charge is 0.348 e. The first-order valence-electron chi connectivity index (χ1n) is 10.1. The van der Waals surface area contributed by atoms with Crippen LogP contribution < -0.4 is 10.9 Å². The topological polar surface area (TPSA) is 64.0 Å². The van der Waals surface area contributed by atoms with Gasteiger partial charge in [0.15, 0.2) is 0 Å². The van der Waals surface area contributed by atoms with Crippen molar-refractivity contribution in [2.24, 2.45) is 0 Å². The summed E-state index contributed by atoms with van der Waals surface area (Å²) in [6.45, 7) is 1.99. The van der Waals surface area contributed by atoms with E-state index in [-0.39, 0.29) is 24.1 Å². The Kier molecular flexibility index (Phi) is 5.38. The number of hydrogen-bond donors (Lipinski definition) is 1. The molecular weight excluding hydrogens is 426 g/mol. The second-order valence-electron chi connectivity index (χ2n) is 7.67. The van der Waals surface area contributed by atoms with Crippen LogP contribution in [0.2, 0.25) is 0 Å². The highest BCUT2D eigenvalue weighted by Crippen LogP contribution is 2.35. The molecular formula is C24H21N3O2S2. The lowest BCUT2D eigenvalue weighted by Crippen LogP contribution is -2.35. The number of thioether (sulfide) groups is 1. The van der Waals surface area contributed by atoms with E-state index < -0.39 is 0 Å². The molecule has 5 rings (SSSR count). The third kappa shape index (κ3) is 3.91. The molecule has 0 unspecified atom stereocenters. The molecule has 0 saturated heterocycles. The normalized spacial score (nSPS) is 15.6. The molecule has 2 aromatic carbocycles. The monoisotopic (exact) mass is 447 g/mol. The van der Waals surface area contributed by atoms with Gasteiger partial charge in [-0.2, -0.15) is 0 Å². The summed E-state index contributed by atoms with van der Waals surface area (Å²) in [5.41, 5.74) is 3.97. The van der Waals surface area contributed by atoms with Crippen LogP contribution in [-0.2, 0) is 11.3 Å². The zero-order valence-corrected chi connectivity index (χ0v) is 18.6. The molecule has 1 amide bonds. The predicted molar refractivity (Wildman–Crippen MR) is 127 cm³/mol. The number of amides is 1. The summed E-state index contributed by atoms with van der Waals surface area (Å²) >= 11 is 3.26. The van der Waals surface area contributed by atoms with Crippen LogP contribution >= 0.6 is 23.1 Å². The van der Waals surface area contributed by atoms with E-state index in [9.17, 15) is 9.59 Å². The molecule has 0 spiro atoms. The van der Waals surface area contributed by atoms with Crippen LogP contribution in [0.4, 0.5) is 0 Å². The van der Waals surface area contributed by atoms with Gasteiger partial charge in [-0.3, -0.25) is 14.2 Å². The van der Waals surface area contributed by atoms with Gasteiger partial charge >= 0.3 is 0 Å². The molecule has 1 aliphatic rings. The van der Waals surface area contributed by atoms with Gasteiger partial charge < -0.3 is 5.32 Å². The van der Waals surface area contributed by atoms with E-state index in [1.165, 1.54) is 27.1 Å². The van der Waals surface area contributed by atoms with Crippen LogP contribution in [0.3, 0.4) is 0 Å². The molecule has 156 valence electrons. The highest BCUT2D eigenvalue weighted by Gasteiger charge is 2.22. The molecule has 0 saturated carbocycles. The average molecular weight is 448 g/mol. The van der Waals surface area contributed by atoms with E-state index in [4.69, 9.17) is 0 Å². The quantitative estimate of drug-likeness (QED) is 0.489. The number of benzene rings is 2. The number of fused-ring (bicyclic) bond motifs is 2. The summed E-state index contributed by atoms with van der Waals surface area (Å²) < 4.78 is 1.41. The van der Waals surface area contributed by atoms with Gasteiger partial charge in [0, 0.05) is 21.6 Å². The second-order valence-corrected chi connectivity index (χ2v) is 9.66. The Hall–Kier alpha value is -2.90. The molecule has 0 radical (unpaired) electrons. The van der Waals surface area contributed by atoms with Crippen molar-refractivity contribution in [2.45, 2.75) is 30.8 Å². The van der Waals surface area contributed by atoms with Gasteiger partial charge in [-0.1, -0.05) is 48.0 Å². The summed E-state index contributed by atoms with van der Waals surface area (Å²) in [4.78, 5) is 32.4. The summed E-state index contributed by atoms with van der Waals surface area (Å²) in [7, 11) is 0. The van der Waals surface area contributed by atoms with Crippen molar-refractivity contribution in [3.05, 3.63) is 81.7 Å². The first-order chi connectivity index (χ1) is 15.1. The maximum atomic E-state index is 13.2. The summed E-state index contributed by atoms with van der Waals surface area (Å²) in [6.07, 6.45) is 2.35. The molecule has 7 heteroatoms. The molecule has 31 heavy (non-hydrogen) atoms. The molecule has 5 nitrogen and oxygen atoms in total. The van der Waals surface area contributed by atoms with E-state index in [1.54, 1.807) is 0 Å². The fraction of sp³-hybridized carbons (Fsp3) is 0.208. The zero-order valence-electron chi connectivity index (χ0n) is 17.0. The highest BCUT2D eigenvalue weighted by atomic mass is 32.2. The maximum absolute atomic E-state index is 13.2. The van der Waals surface area contributed by atoms with Crippen LogP contribution in [0.15, 0.2) is 69.9 Å². The van der Waals surface area contributed by atoms with Crippen molar-refractivity contribution in [3.63, 3.8) is 0 Å². The van der Waals surface area contributed by atoms with Crippen LogP contribution in [0.25, 0.3) is 21.3 Å². The minimum atomic E-state index is -0.184. The third-order valence-electron chi connectivity index (χ3n) is 5.53. The standard InChI is InChI=1S/C24H21N3O2S2/c1-15-6-8-16(9-7-15)18-13-31-23-22(18)24(29)27(14-25-23)12-21(28)26-19-10-11-30-20-5-3-2-4-17(19)20/h2-9,13-14,19H,10-12H2,1H3,(H,26,28)/t19-/m1/s1. The number of rotatable bonds is 4. The molecule has 0 aliphatic carbocycles. The van der Waals surface area contributed by atoms with Crippen molar-refractivity contribution in [3.8, 4) is 11.1 Å². The summed E-state index contributed by atoms with van der Waals surface area (Å²) in [5, 5.41) is 5.64. The number of thiophene rings is 1. The van der Waals surface area contributed by atoms with E-state index in [2.05, 4.69) is 22.4 Å². The molecule has 1 N–H and O–H groups in total. The van der Waals surface area contributed by atoms with Crippen molar-refractivity contribution in [1.29, 1.82) is 0 Å². The lowest BCUT2D eigenvalue weighted by molar-refractivity contribution is -0.122. The van der Waals surface area contributed by atoms with Gasteiger partial charge in [0.25, 0.3) is 5.56 Å². The van der Waals surface area contributed by atoms with E-state index in [0.717, 1.165) is 34.4 Å². The Morgan fingerprint density at radius 3 is 2.84 bits per heavy atom. The molecule has 1 atom stereocenters. The number of aryl methyl sites for hydroxylation is 1. The molecule has 3 heterocycles. The fourth-order valence-corrected chi connectivity index (χ4v) is 5.94. The average Bonchev–Trinajstić information content (AvgIpc) is 3.21. The number of carbonyl (C=O) groups excluding carboxylic acids is 1. The van der Waals surface area contributed by atoms with Crippen LogP contribution in [0, 0.1) is 6.92 Å².